The van der Waals surface area contributed by atoms with Crippen LogP contribution in [0.3, 0.4) is 0 Å². The maximum Gasteiger partial charge on any atom is 0.163 e. The zero-order chi connectivity index (χ0) is 14.1. The highest BCUT2D eigenvalue weighted by Crippen LogP contribution is 2.32. The molecule has 2 heterocycles. The Hall–Kier alpha value is -2.08. The van der Waals surface area contributed by atoms with Gasteiger partial charge in [0.2, 0.25) is 0 Å². The first-order valence-electron chi connectivity index (χ1n) is 5.95. The average molecular weight is 334 g/mol. The lowest BCUT2D eigenvalue weighted by molar-refractivity contribution is 0.356. The SMILES string of the molecule is COc1cc2nc(-c3ccc(Br)cn3)[nH]c2cc1OC. The molecule has 0 aliphatic rings. The van der Waals surface area contributed by atoms with Crippen LogP contribution in [0.4, 0.5) is 0 Å². The number of nitrogens with one attached hydrogen (secondary N) is 1. The summed E-state index contributed by atoms with van der Waals surface area (Å²) in [5, 5.41) is 0. The number of hydrogen-bond acceptors (Lipinski definition) is 4. The summed E-state index contributed by atoms with van der Waals surface area (Å²) in [5.74, 6) is 2.03. The number of aromatic amines is 1. The summed E-state index contributed by atoms with van der Waals surface area (Å²) in [6.07, 6.45) is 1.74. The number of halogens is 1. The Morgan fingerprint density at radius 1 is 1.10 bits per heavy atom. The highest BCUT2D eigenvalue weighted by Gasteiger charge is 2.11. The molecule has 0 aliphatic heterocycles. The third-order valence-electron chi connectivity index (χ3n) is 2.96. The van der Waals surface area contributed by atoms with Gasteiger partial charge in [-0.25, -0.2) is 4.98 Å². The molecule has 1 aromatic carbocycles. The lowest BCUT2D eigenvalue weighted by Crippen LogP contribution is -1.89. The van der Waals surface area contributed by atoms with Gasteiger partial charge in [0.15, 0.2) is 17.3 Å². The Kier molecular flexibility index (Phi) is 3.31. The molecular weight excluding hydrogens is 322 g/mol. The van der Waals surface area contributed by atoms with Crippen LogP contribution in [0.15, 0.2) is 34.9 Å². The minimum Gasteiger partial charge on any atom is -0.493 e. The van der Waals surface area contributed by atoms with E-state index in [0.29, 0.717) is 17.3 Å². The van der Waals surface area contributed by atoms with Crippen molar-refractivity contribution in [2.45, 2.75) is 0 Å². The van der Waals surface area contributed by atoms with E-state index in [9.17, 15) is 0 Å². The molecule has 0 amide bonds. The van der Waals surface area contributed by atoms with Crippen molar-refractivity contribution < 1.29 is 9.47 Å². The van der Waals surface area contributed by atoms with E-state index in [1.807, 2.05) is 24.3 Å². The zero-order valence-electron chi connectivity index (χ0n) is 11.0. The van der Waals surface area contributed by atoms with Crippen molar-refractivity contribution in [3.05, 3.63) is 34.9 Å². The van der Waals surface area contributed by atoms with Gasteiger partial charge in [0.05, 0.1) is 25.3 Å². The van der Waals surface area contributed by atoms with E-state index in [0.717, 1.165) is 21.2 Å². The summed E-state index contributed by atoms with van der Waals surface area (Å²) < 4.78 is 11.5. The first-order chi connectivity index (χ1) is 9.71. The fourth-order valence-electron chi connectivity index (χ4n) is 1.97. The molecule has 6 heteroatoms. The van der Waals surface area contributed by atoms with Gasteiger partial charge in [-0.3, -0.25) is 4.98 Å². The van der Waals surface area contributed by atoms with Crippen molar-refractivity contribution in [3.63, 3.8) is 0 Å². The monoisotopic (exact) mass is 333 g/mol. The Balaban J connectivity index is 2.12. The topological polar surface area (TPSA) is 60.0 Å². The van der Waals surface area contributed by atoms with E-state index in [4.69, 9.17) is 9.47 Å². The second-order valence-corrected chi connectivity index (χ2v) is 5.09. The summed E-state index contributed by atoms with van der Waals surface area (Å²) in [6.45, 7) is 0. The molecule has 0 fully saturated rings. The number of rotatable bonds is 3. The highest BCUT2D eigenvalue weighted by molar-refractivity contribution is 9.10. The molecule has 0 saturated heterocycles. The van der Waals surface area contributed by atoms with Gasteiger partial charge < -0.3 is 14.5 Å². The minimum atomic E-state index is 0.654. The molecule has 102 valence electrons. The summed E-state index contributed by atoms with van der Waals surface area (Å²) in [7, 11) is 3.21. The second kappa shape index (κ2) is 5.13. The van der Waals surface area contributed by atoms with Crippen LogP contribution in [0.25, 0.3) is 22.6 Å². The van der Waals surface area contributed by atoms with Crippen LogP contribution in [-0.4, -0.2) is 29.2 Å². The molecular formula is C14H12BrN3O2. The predicted octanol–water partition coefficient (Wildman–Crippen LogP) is 3.40. The molecule has 3 aromatic rings. The molecule has 0 aliphatic carbocycles. The number of pyridine rings is 1. The number of aromatic nitrogens is 3. The zero-order valence-corrected chi connectivity index (χ0v) is 12.6. The van der Waals surface area contributed by atoms with Crippen LogP contribution in [-0.2, 0) is 0 Å². The lowest BCUT2D eigenvalue weighted by atomic mass is 10.3. The third-order valence-corrected chi connectivity index (χ3v) is 3.43. The van der Waals surface area contributed by atoms with Gasteiger partial charge in [-0.1, -0.05) is 0 Å². The van der Waals surface area contributed by atoms with Crippen molar-refractivity contribution in [1.29, 1.82) is 0 Å². The molecule has 0 unspecified atom stereocenters. The normalized spacial score (nSPS) is 10.8. The van der Waals surface area contributed by atoms with Gasteiger partial charge in [0, 0.05) is 22.8 Å². The number of nitrogens with zero attached hydrogens (tertiary/aromatic N) is 2. The van der Waals surface area contributed by atoms with Crippen molar-refractivity contribution >= 4 is 27.0 Å². The number of methoxy groups -OCH3 is 2. The number of imidazole rings is 1. The molecule has 0 bridgehead atoms. The Labute approximate surface area is 124 Å². The van der Waals surface area contributed by atoms with Gasteiger partial charge in [0.25, 0.3) is 0 Å². The number of H-pyrrole nitrogens is 1. The third kappa shape index (κ3) is 2.22. The fraction of sp³-hybridized carbons (Fsp3) is 0.143. The van der Waals surface area contributed by atoms with Crippen molar-refractivity contribution in [1.82, 2.24) is 15.0 Å². The lowest BCUT2D eigenvalue weighted by Gasteiger charge is -2.06. The van der Waals surface area contributed by atoms with Crippen LogP contribution in [0, 0.1) is 0 Å². The maximum absolute atomic E-state index is 5.28. The van der Waals surface area contributed by atoms with Gasteiger partial charge >= 0.3 is 0 Å². The van der Waals surface area contributed by atoms with Crippen LogP contribution < -0.4 is 9.47 Å². The van der Waals surface area contributed by atoms with Crippen molar-refractivity contribution in [2.75, 3.05) is 14.2 Å². The van der Waals surface area contributed by atoms with Gasteiger partial charge in [-0.15, -0.1) is 0 Å². The van der Waals surface area contributed by atoms with E-state index in [2.05, 4.69) is 30.9 Å². The summed E-state index contributed by atoms with van der Waals surface area (Å²) in [4.78, 5) is 12.1. The Morgan fingerprint density at radius 2 is 1.85 bits per heavy atom. The van der Waals surface area contributed by atoms with Gasteiger partial charge in [-0.2, -0.15) is 0 Å². The average Bonchev–Trinajstić information content (AvgIpc) is 2.89. The molecule has 0 atom stereocenters. The van der Waals surface area contributed by atoms with Gasteiger partial charge in [0.1, 0.15) is 5.69 Å². The molecule has 20 heavy (non-hydrogen) atoms. The Bertz CT molecular complexity index is 712. The molecule has 3 rings (SSSR count). The first kappa shape index (κ1) is 12.9. The quantitative estimate of drug-likeness (QED) is 0.797. The first-order valence-corrected chi connectivity index (χ1v) is 6.74. The van der Waals surface area contributed by atoms with E-state index >= 15 is 0 Å². The smallest absolute Gasteiger partial charge is 0.163 e. The number of benzene rings is 1. The molecule has 0 saturated carbocycles. The maximum atomic E-state index is 5.28. The number of hydrogen-bond donors (Lipinski definition) is 1. The summed E-state index contributed by atoms with van der Waals surface area (Å²) in [6, 6.07) is 7.53. The van der Waals surface area contributed by atoms with Gasteiger partial charge in [-0.05, 0) is 28.1 Å². The molecule has 2 aromatic heterocycles. The fourth-order valence-corrected chi connectivity index (χ4v) is 2.21. The van der Waals surface area contributed by atoms with E-state index < -0.39 is 0 Å². The highest BCUT2D eigenvalue weighted by atomic mass is 79.9. The number of ether oxygens (including phenoxy) is 2. The Morgan fingerprint density at radius 3 is 2.50 bits per heavy atom. The molecule has 0 radical (unpaired) electrons. The largest absolute Gasteiger partial charge is 0.493 e. The van der Waals surface area contributed by atoms with Crippen LogP contribution in [0.1, 0.15) is 0 Å². The van der Waals surface area contributed by atoms with E-state index in [1.54, 1.807) is 20.4 Å². The van der Waals surface area contributed by atoms with Crippen LogP contribution in [0.2, 0.25) is 0 Å². The molecule has 5 nitrogen and oxygen atoms in total. The number of fused-ring (bicyclic) bond motifs is 1. The van der Waals surface area contributed by atoms with E-state index in [1.165, 1.54) is 0 Å². The summed E-state index contributed by atoms with van der Waals surface area (Å²) >= 11 is 3.36. The van der Waals surface area contributed by atoms with Crippen LogP contribution >= 0.6 is 15.9 Å². The van der Waals surface area contributed by atoms with E-state index in [-0.39, 0.29) is 0 Å². The minimum absolute atomic E-state index is 0.654. The summed E-state index contributed by atoms with van der Waals surface area (Å²) in [5.41, 5.74) is 2.46. The standard InChI is InChI=1S/C14H12BrN3O2/c1-19-12-5-10-11(6-13(12)20-2)18-14(17-10)9-4-3-8(15)7-16-9/h3-7H,1-2H3,(H,17,18). The molecule has 1 N–H and O–H groups in total. The van der Waals surface area contributed by atoms with Crippen LogP contribution in [0.5, 0.6) is 11.5 Å². The molecule has 0 spiro atoms. The predicted molar refractivity (Wildman–Crippen MR) is 80.1 cm³/mol. The van der Waals surface area contributed by atoms with Crippen molar-refractivity contribution in [3.8, 4) is 23.0 Å². The second-order valence-electron chi connectivity index (χ2n) is 4.17. The van der Waals surface area contributed by atoms with Crippen molar-refractivity contribution in [2.24, 2.45) is 0 Å².